The van der Waals surface area contributed by atoms with E-state index in [2.05, 4.69) is 10.1 Å². The first kappa shape index (κ1) is 22.1. The molecule has 3 rings (SSSR count). The van der Waals surface area contributed by atoms with Crippen molar-refractivity contribution in [2.75, 3.05) is 27.4 Å². The second kappa shape index (κ2) is 9.07. The summed E-state index contributed by atoms with van der Waals surface area (Å²) < 4.78 is 15.6. The number of rotatable bonds is 8. The Balaban J connectivity index is 1.58. The monoisotopic (exact) mass is 426 g/mol. The van der Waals surface area contributed by atoms with E-state index in [4.69, 9.17) is 9.47 Å². The van der Waals surface area contributed by atoms with Crippen LogP contribution in [0.2, 0.25) is 0 Å². The molecule has 0 spiro atoms. The molecular weight excluding hydrogens is 400 g/mol. The number of hydrogen-bond acceptors (Lipinski definition) is 6. The van der Waals surface area contributed by atoms with E-state index in [1.165, 1.54) is 12.0 Å². The van der Waals surface area contributed by atoms with Crippen LogP contribution in [-0.2, 0) is 15.1 Å². The maximum absolute atomic E-state index is 13.0. The molecule has 0 aliphatic carbocycles. The van der Waals surface area contributed by atoms with Gasteiger partial charge < -0.3 is 19.5 Å². The fourth-order valence-electron chi connectivity index (χ4n) is 3.50. The molecule has 2 aromatic carbocycles. The van der Waals surface area contributed by atoms with Crippen molar-refractivity contribution in [1.29, 1.82) is 0 Å². The Morgan fingerprint density at radius 3 is 2.42 bits per heavy atom. The van der Waals surface area contributed by atoms with Gasteiger partial charge in [-0.25, -0.2) is 9.59 Å². The maximum atomic E-state index is 13.0. The van der Waals surface area contributed by atoms with Crippen LogP contribution in [0.25, 0.3) is 0 Å². The van der Waals surface area contributed by atoms with Gasteiger partial charge in [0.15, 0.2) is 0 Å². The minimum absolute atomic E-state index is 0.232. The van der Waals surface area contributed by atoms with Crippen molar-refractivity contribution in [3.8, 4) is 11.5 Å². The third kappa shape index (κ3) is 4.47. The van der Waals surface area contributed by atoms with Gasteiger partial charge in [0.1, 0.15) is 17.0 Å². The topological polar surface area (TPSA) is 94.2 Å². The van der Waals surface area contributed by atoms with Gasteiger partial charge in [0.2, 0.25) is 0 Å². The predicted molar refractivity (Wildman–Crippen MR) is 113 cm³/mol. The maximum Gasteiger partial charge on any atom is 0.337 e. The highest BCUT2D eigenvalue weighted by molar-refractivity contribution is 6.07. The molecule has 0 saturated carbocycles. The molecule has 3 amide bonds. The molecule has 1 aliphatic rings. The van der Waals surface area contributed by atoms with Crippen LogP contribution in [0, 0.1) is 6.92 Å². The Labute approximate surface area is 181 Å². The number of amides is 3. The molecule has 2 aromatic rings. The summed E-state index contributed by atoms with van der Waals surface area (Å²) in [6.45, 7) is 4.14. The normalized spacial score (nSPS) is 18.0. The minimum Gasteiger partial charge on any atom is -0.496 e. The zero-order valence-corrected chi connectivity index (χ0v) is 18.1. The summed E-state index contributed by atoms with van der Waals surface area (Å²) in [6.07, 6.45) is 0.468. The second-order valence-electron chi connectivity index (χ2n) is 7.41. The molecule has 1 atom stereocenters. The largest absolute Gasteiger partial charge is 0.496 e. The van der Waals surface area contributed by atoms with Crippen molar-refractivity contribution in [1.82, 2.24) is 10.2 Å². The minimum atomic E-state index is -1.13. The van der Waals surface area contributed by atoms with Gasteiger partial charge in [-0.3, -0.25) is 9.69 Å². The number of imide groups is 1. The number of urea groups is 1. The number of nitrogens with zero attached hydrogens (tertiary/aromatic N) is 1. The summed E-state index contributed by atoms with van der Waals surface area (Å²) in [5.41, 5.74) is 0.891. The highest BCUT2D eigenvalue weighted by Crippen LogP contribution is 2.31. The summed E-state index contributed by atoms with van der Waals surface area (Å²) in [4.78, 5) is 38.2. The second-order valence-corrected chi connectivity index (χ2v) is 7.41. The molecule has 1 saturated heterocycles. The van der Waals surface area contributed by atoms with Crippen molar-refractivity contribution in [2.45, 2.75) is 25.8 Å². The van der Waals surface area contributed by atoms with Gasteiger partial charge in [-0.05, 0) is 67.8 Å². The highest BCUT2D eigenvalue weighted by atomic mass is 16.5. The van der Waals surface area contributed by atoms with Crippen molar-refractivity contribution in [3.63, 3.8) is 0 Å². The Morgan fingerprint density at radius 2 is 1.81 bits per heavy atom. The molecule has 1 aliphatic heterocycles. The lowest BCUT2D eigenvalue weighted by atomic mass is 9.90. The van der Waals surface area contributed by atoms with Crippen LogP contribution < -0.4 is 14.8 Å². The standard InChI is InChI=1S/C23H26N2O6/c1-15-14-17(8-11-19(15)29-3)23(2)21(27)25(22(28)24-23)12-5-13-31-18-9-6-16(7-10-18)20(26)30-4/h6-11,14H,5,12-13H2,1-4H3,(H,24,28). The molecule has 1 fully saturated rings. The van der Waals surface area contributed by atoms with Gasteiger partial charge in [-0.2, -0.15) is 0 Å². The summed E-state index contributed by atoms with van der Waals surface area (Å²) >= 11 is 0. The Hall–Kier alpha value is -3.55. The smallest absolute Gasteiger partial charge is 0.337 e. The summed E-state index contributed by atoms with van der Waals surface area (Å²) in [5, 5.41) is 2.80. The average molecular weight is 426 g/mol. The first-order chi connectivity index (χ1) is 14.8. The lowest BCUT2D eigenvalue weighted by Crippen LogP contribution is -2.41. The quantitative estimate of drug-likeness (QED) is 0.396. The number of methoxy groups -OCH3 is 2. The van der Waals surface area contributed by atoms with E-state index in [1.807, 2.05) is 13.0 Å². The van der Waals surface area contributed by atoms with Crippen LogP contribution in [0.4, 0.5) is 4.79 Å². The van der Waals surface area contributed by atoms with Gasteiger partial charge in [0, 0.05) is 6.54 Å². The van der Waals surface area contributed by atoms with Crippen LogP contribution in [0.15, 0.2) is 42.5 Å². The number of carbonyl (C=O) groups excluding carboxylic acids is 3. The fourth-order valence-corrected chi connectivity index (χ4v) is 3.50. The number of ether oxygens (including phenoxy) is 3. The number of hydrogen-bond donors (Lipinski definition) is 1. The molecule has 0 radical (unpaired) electrons. The number of aryl methyl sites for hydroxylation is 1. The van der Waals surface area contributed by atoms with Crippen molar-refractivity contribution < 1.29 is 28.6 Å². The first-order valence-corrected chi connectivity index (χ1v) is 9.90. The Morgan fingerprint density at radius 1 is 1.10 bits per heavy atom. The van der Waals surface area contributed by atoms with Gasteiger partial charge >= 0.3 is 12.0 Å². The van der Waals surface area contributed by atoms with E-state index in [1.54, 1.807) is 50.4 Å². The summed E-state index contributed by atoms with van der Waals surface area (Å²) in [5.74, 6) is 0.589. The Bertz CT molecular complexity index is 988. The molecule has 1 heterocycles. The van der Waals surface area contributed by atoms with E-state index in [0.29, 0.717) is 29.9 Å². The van der Waals surface area contributed by atoms with Crippen LogP contribution in [-0.4, -0.2) is 50.2 Å². The van der Waals surface area contributed by atoms with Crippen LogP contribution in [0.1, 0.15) is 34.8 Å². The molecular formula is C23H26N2O6. The molecule has 1 N–H and O–H groups in total. The number of esters is 1. The van der Waals surface area contributed by atoms with Gasteiger partial charge in [0.25, 0.3) is 5.91 Å². The molecule has 0 bridgehead atoms. The van der Waals surface area contributed by atoms with E-state index in [-0.39, 0.29) is 12.5 Å². The summed E-state index contributed by atoms with van der Waals surface area (Å²) in [6, 6.07) is 11.6. The van der Waals surface area contributed by atoms with Crippen LogP contribution in [0.5, 0.6) is 11.5 Å². The van der Waals surface area contributed by atoms with E-state index >= 15 is 0 Å². The third-order valence-electron chi connectivity index (χ3n) is 5.32. The van der Waals surface area contributed by atoms with Crippen molar-refractivity contribution >= 4 is 17.9 Å². The van der Waals surface area contributed by atoms with E-state index in [9.17, 15) is 14.4 Å². The Kier molecular flexibility index (Phi) is 6.48. The molecule has 8 nitrogen and oxygen atoms in total. The van der Waals surface area contributed by atoms with Crippen molar-refractivity contribution in [2.24, 2.45) is 0 Å². The number of carbonyl (C=O) groups is 3. The molecule has 8 heteroatoms. The zero-order valence-electron chi connectivity index (χ0n) is 18.1. The number of nitrogens with one attached hydrogen (secondary N) is 1. The molecule has 0 aromatic heterocycles. The molecule has 31 heavy (non-hydrogen) atoms. The average Bonchev–Trinajstić information content (AvgIpc) is 3.00. The highest BCUT2D eigenvalue weighted by Gasteiger charge is 2.48. The predicted octanol–water partition coefficient (Wildman–Crippen LogP) is 3.03. The third-order valence-corrected chi connectivity index (χ3v) is 5.32. The van der Waals surface area contributed by atoms with E-state index in [0.717, 1.165) is 11.3 Å². The van der Waals surface area contributed by atoms with Gasteiger partial charge in [-0.15, -0.1) is 0 Å². The van der Waals surface area contributed by atoms with Gasteiger partial charge in [-0.1, -0.05) is 6.07 Å². The van der Waals surface area contributed by atoms with E-state index < -0.39 is 17.5 Å². The van der Waals surface area contributed by atoms with Crippen LogP contribution >= 0.6 is 0 Å². The molecule has 1 unspecified atom stereocenters. The number of benzene rings is 2. The van der Waals surface area contributed by atoms with Crippen LogP contribution in [0.3, 0.4) is 0 Å². The lowest BCUT2D eigenvalue weighted by molar-refractivity contribution is -0.131. The summed E-state index contributed by atoms with van der Waals surface area (Å²) in [7, 11) is 2.91. The lowest BCUT2D eigenvalue weighted by Gasteiger charge is -2.23. The van der Waals surface area contributed by atoms with Crippen molar-refractivity contribution in [3.05, 3.63) is 59.2 Å². The van der Waals surface area contributed by atoms with Gasteiger partial charge in [0.05, 0.1) is 26.4 Å². The zero-order chi connectivity index (χ0) is 22.6. The molecule has 164 valence electrons. The SMILES string of the molecule is COC(=O)c1ccc(OCCCN2C(=O)NC(C)(c3ccc(OC)c(C)c3)C2=O)cc1. The fraction of sp³-hybridized carbons (Fsp3) is 0.348. The first-order valence-electron chi connectivity index (χ1n) is 9.90.